The second kappa shape index (κ2) is 7.42. The Labute approximate surface area is 122 Å². The van der Waals surface area contributed by atoms with Gasteiger partial charge in [-0.15, -0.1) is 0 Å². The third-order valence-corrected chi connectivity index (χ3v) is 4.02. The highest BCUT2D eigenvalue weighted by molar-refractivity contribution is 5.35. The number of ether oxygens (including phenoxy) is 1. The highest BCUT2D eigenvalue weighted by atomic mass is 16.5. The maximum absolute atomic E-state index is 9.04. The highest BCUT2D eigenvalue weighted by Gasteiger charge is 2.27. The van der Waals surface area contributed by atoms with Gasteiger partial charge in [0.15, 0.2) is 0 Å². The van der Waals surface area contributed by atoms with Crippen LogP contribution in [0.2, 0.25) is 0 Å². The van der Waals surface area contributed by atoms with Crippen molar-refractivity contribution in [3.63, 3.8) is 0 Å². The van der Waals surface area contributed by atoms with Gasteiger partial charge in [-0.3, -0.25) is 0 Å². The van der Waals surface area contributed by atoms with Crippen LogP contribution in [0.15, 0.2) is 24.3 Å². The van der Waals surface area contributed by atoms with Crippen LogP contribution >= 0.6 is 0 Å². The SMILES string of the molecule is CN(C)CCOC1CCCCC1c1cccc(C#N)c1. The van der Waals surface area contributed by atoms with Crippen molar-refractivity contribution in [1.82, 2.24) is 4.90 Å². The van der Waals surface area contributed by atoms with Crippen LogP contribution in [0.4, 0.5) is 0 Å². The number of hydrogen-bond acceptors (Lipinski definition) is 3. The van der Waals surface area contributed by atoms with Crippen LogP contribution in [0.3, 0.4) is 0 Å². The van der Waals surface area contributed by atoms with E-state index in [2.05, 4.69) is 31.1 Å². The summed E-state index contributed by atoms with van der Waals surface area (Å²) in [5.74, 6) is 0.444. The van der Waals surface area contributed by atoms with Crippen LogP contribution in [0.25, 0.3) is 0 Å². The summed E-state index contributed by atoms with van der Waals surface area (Å²) < 4.78 is 6.11. The van der Waals surface area contributed by atoms with Crippen LogP contribution in [0.1, 0.15) is 42.7 Å². The van der Waals surface area contributed by atoms with Crippen LogP contribution in [-0.2, 0) is 4.74 Å². The van der Waals surface area contributed by atoms with Gasteiger partial charge in [0.1, 0.15) is 0 Å². The minimum absolute atomic E-state index is 0.303. The minimum Gasteiger partial charge on any atom is -0.376 e. The van der Waals surface area contributed by atoms with Crippen molar-refractivity contribution < 1.29 is 4.74 Å². The summed E-state index contributed by atoms with van der Waals surface area (Å²) in [6, 6.07) is 10.3. The Morgan fingerprint density at radius 3 is 2.85 bits per heavy atom. The normalized spacial score (nSPS) is 22.7. The summed E-state index contributed by atoms with van der Waals surface area (Å²) in [4.78, 5) is 2.15. The molecule has 1 aromatic rings. The molecule has 0 spiro atoms. The Balaban J connectivity index is 2.04. The van der Waals surface area contributed by atoms with Crippen molar-refractivity contribution in [3.8, 4) is 6.07 Å². The lowest BCUT2D eigenvalue weighted by atomic mass is 9.81. The molecule has 0 radical (unpaired) electrons. The zero-order valence-corrected chi connectivity index (χ0v) is 12.5. The fourth-order valence-corrected chi connectivity index (χ4v) is 2.90. The van der Waals surface area contributed by atoms with E-state index in [-0.39, 0.29) is 0 Å². The van der Waals surface area contributed by atoms with Gasteiger partial charge < -0.3 is 9.64 Å². The molecule has 2 unspecified atom stereocenters. The first-order valence-corrected chi connectivity index (χ1v) is 7.47. The Morgan fingerprint density at radius 2 is 2.10 bits per heavy atom. The van der Waals surface area contributed by atoms with Gasteiger partial charge in [-0.2, -0.15) is 5.26 Å². The lowest BCUT2D eigenvalue weighted by Gasteiger charge is -2.32. The summed E-state index contributed by atoms with van der Waals surface area (Å²) in [5.41, 5.74) is 2.01. The zero-order chi connectivity index (χ0) is 14.4. The first-order valence-electron chi connectivity index (χ1n) is 7.47. The van der Waals surface area contributed by atoms with E-state index in [0.29, 0.717) is 12.0 Å². The molecule has 108 valence electrons. The monoisotopic (exact) mass is 272 g/mol. The molecule has 0 N–H and O–H groups in total. The van der Waals surface area contributed by atoms with Gasteiger partial charge in [0.2, 0.25) is 0 Å². The number of benzene rings is 1. The lowest BCUT2D eigenvalue weighted by Crippen LogP contribution is -2.29. The molecule has 20 heavy (non-hydrogen) atoms. The molecule has 0 aliphatic heterocycles. The van der Waals surface area contributed by atoms with E-state index in [9.17, 15) is 0 Å². The molecule has 0 bridgehead atoms. The Morgan fingerprint density at radius 1 is 1.30 bits per heavy atom. The van der Waals surface area contributed by atoms with Crippen molar-refractivity contribution in [2.45, 2.75) is 37.7 Å². The van der Waals surface area contributed by atoms with Crippen molar-refractivity contribution in [2.24, 2.45) is 0 Å². The molecule has 1 aliphatic rings. The molecule has 3 nitrogen and oxygen atoms in total. The molecule has 1 saturated carbocycles. The number of nitriles is 1. The molecular weight excluding hydrogens is 248 g/mol. The van der Waals surface area contributed by atoms with Gasteiger partial charge >= 0.3 is 0 Å². The lowest BCUT2D eigenvalue weighted by molar-refractivity contribution is 0.00701. The summed E-state index contributed by atoms with van der Waals surface area (Å²) in [5, 5.41) is 9.04. The number of likely N-dealkylation sites (N-methyl/N-ethyl adjacent to an activating group) is 1. The first-order chi connectivity index (χ1) is 9.70. The average Bonchev–Trinajstić information content (AvgIpc) is 2.47. The van der Waals surface area contributed by atoms with Gasteiger partial charge in [-0.25, -0.2) is 0 Å². The van der Waals surface area contributed by atoms with Crippen molar-refractivity contribution in [2.75, 3.05) is 27.2 Å². The Bertz CT molecular complexity index is 464. The van der Waals surface area contributed by atoms with Crippen LogP contribution in [0, 0.1) is 11.3 Å². The summed E-state index contributed by atoms with van der Waals surface area (Å²) >= 11 is 0. The predicted molar refractivity (Wildman–Crippen MR) is 80.7 cm³/mol. The van der Waals surface area contributed by atoms with Gasteiger partial charge in [0.25, 0.3) is 0 Å². The predicted octanol–water partition coefficient (Wildman–Crippen LogP) is 3.16. The minimum atomic E-state index is 0.303. The molecule has 0 saturated heterocycles. The second-order valence-corrected chi connectivity index (χ2v) is 5.84. The maximum atomic E-state index is 9.04. The van der Waals surface area contributed by atoms with E-state index in [4.69, 9.17) is 10.00 Å². The van der Waals surface area contributed by atoms with E-state index in [0.717, 1.165) is 25.1 Å². The van der Waals surface area contributed by atoms with Crippen molar-refractivity contribution in [1.29, 1.82) is 5.26 Å². The summed E-state index contributed by atoms with van der Waals surface area (Å²) in [6.45, 7) is 1.74. The van der Waals surface area contributed by atoms with E-state index in [1.54, 1.807) is 0 Å². The smallest absolute Gasteiger partial charge is 0.0991 e. The van der Waals surface area contributed by atoms with Crippen LogP contribution < -0.4 is 0 Å². The Hall–Kier alpha value is -1.37. The fraction of sp³-hybridized carbons (Fsp3) is 0.588. The highest BCUT2D eigenvalue weighted by Crippen LogP contribution is 2.35. The molecule has 1 aromatic carbocycles. The quantitative estimate of drug-likeness (QED) is 0.826. The van der Waals surface area contributed by atoms with E-state index in [1.165, 1.54) is 24.8 Å². The maximum Gasteiger partial charge on any atom is 0.0991 e. The standard InChI is InChI=1S/C17H24N2O/c1-19(2)10-11-20-17-9-4-3-8-16(17)15-7-5-6-14(12-15)13-18/h5-7,12,16-17H,3-4,8-11H2,1-2H3. The number of nitrogens with zero attached hydrogens (tertiary/aromatic N) is 2. The van der Waals surface area contributed by atoms with Gasteiger partial charge in [-0.1, -0.05) is 25.0 Å². The largest absolute Gasteiger partial charge is 0.376 e. The van der Waals surface area contributed by atoms with E-state index >= 15 is 0 Å². The molecule has 1 fully saturated rings. The molecular formula is C17H24N2O. The first kappa shape index (κ1) is 15.0. The summed E-state index contributed by atoms with van der Waals surface area (Å²) in [7, 11) is 4.14. The molecule has 0 amide bonds. The van der Waals surface area contributed by atoms with Gasteiger partial charge in [0.05, 0.1) is 24.3 Å². The average molecular weight is 272 g/mol. The zero-order valence-electron chi connectivity index (χ0n) is 12.5. The van der Waals surface area contributed by atoms with Crippen molar-refractivity contribution in [3.05, 3.63) is 35.4 Å². The number of rotatable bonds is 5. The Kier molecular flexibility index (Phi) is 5.58. The molecule has 0 aromatic heterocycles. The molecule has 0 heterocycles. The van der Waals surface area contributed by atoms with Gasteiger partial charge in [0, 0.05) is 12.5 Å². The molecule has 1 aliphatic carbocycles. The van der Waals surface area contributed by atoms with Gasteiger partial charge in [-0.05, 0) is 44.6 Å². The topological polar surface area (TPSA) is 36.3 Å². The number of hydrogen-bond donors (Lipinski definition) is 0. The fourth-order valence-electron chi connectivity index (χ4n) is 2.90. The van der Waals surface area contributed by atoms with E-state index in [1.807, 2.05) is 18.2 Å². The molecule has 2 rings (SSSR count). The second-order valence-electron chi connectivity index (χ2n) is 5.84. The molecule has 2 atom stereocenters. The third-order valence-electron chi connectivity index (χ3n) is 4.02. The van der Waals surface area contributed by atoms with E-state index < -0.39 is 0 Å². The third kappa shape index (κ3) is 4.06. The van der Waals surface area contributed by atoms with Crippen LogP contribution in [-0.4, -0.2) is 38.3 Å². The molecule has 3 heteroatoms. The van der Waals surface area contributed by atoms with Crippen molar-refractivity contribution >= 4 is 0 Å². The van der Waals surface area contributed by atoms with Crippen LogP contribution in [0.5, 0.6) is 0 Å². The summed E-state index contributed by atoms with van der Waals surface area (Å²) in [6.07, 6.45) is 5.12.